The van der Waals surface area contributed by atoms with E-state index in [1.807, 2.05) is 54.6 Å². The number of rotatable bonds is 8. The molecule has 0 aliphatic carbocycles. The van der Waals surface area contributed by atoms with E-state index in [2.05, 4.69) is 41.4 Å². The molecule has 144 valence electrons. The summed E-state index contributed by atoms with van der Waals surface area (Å²) in [4.78, 5) is 14.7. The van der Waals surface area contributed by atoms with Crippen LogP contribution in [0.3, 0.4) is 0 Å². The van der Waals surface area contributed by atoms with E-state index in [9.17, 15) is 4.79 Å². The molecule has 3 rings (SSSR count). The maximum absolute atomic E-state index is 12.6. The molecular formula is C24H26N2O2. The fourth-order valence-electron chi connectivity index (χ4n) is 2.97. The number of carbonyl (C=O) groups is 1. The number of hydrogen-bond acceptors (Lipinski definition) is 3. The summed E-state index contributed by atoms with van der Waals surface area (Å²) in [6, 6.07) is 26.1. The lowest BCUT2D eigenvalue weighted by molar-refractivity contribution is -0.119. The van der Waals surface area contributed by atoms with Crippen LogP contribution in [-0.2, 0) is 17.9 Å². The summed E-state index contributed by atoms with van der Waals surface area (Å²) in [5.41, 5.74) is 4.45. The van der Waals surface area contributed by atoms with Gasteiger partial charge in [-0.3, -0.25) is 4.79 Å². The van der Waals surface area contributed by atoms with E-state index in [0.29, 0.717) is 13.1 Å². The van der Waals surface area contributed by atoms with Crippen molar-refractivity contribution in [3.05, 3.63) is 95.6 Å². The average molecular weight is 374 g/mol. The van der Waals surface area contributed by atoms with E-state index in [1.54, 1.807) is 7.11 Å². The van der Waals surface area contributed by atoms with Crippen molar-refractivity contribution in [1.82, 2.24) is 5.32 Å². The van der Waals surface area contributed by atoms with Gasteiger partial charge in [-0.25, -0.2) is 0 Å². The van der Waals surface area contributed by atoms with E-state index in [1.165, 1.54) is 5.56 Å². The fourth-order valence-corrected chi connectivity index (χ4v) is 2.97. The molecule has 0 aromatic heterocycles. The zero-order valence-electron chi connectivity index (χ0n) is 16.4. The molecule has 3 aromatic rings. The Bertz CT molecular complexity index is 875. The lowest BCUT2D eigenvalue weighted by Crippen LogP contribution is -2.36. The molecule has 28 heavy (non-hydrogen) atoms. The smallest absolute Gasteiger partial charge is 0.239 e. The molecule has 0 atom stereocenters. The predicted octanol–water partition coefficient (Wildman–Crippen LogP) is 4.33. The Hall–Kier alpha value is -3.27. The lowest BCUT2D eigenvalue weighted by atomic mass is 10.1. The minimum Gasteiger partial charge on any atom is -0.497 e. The maximum atomic E-state index is 12.6. The standard InChI is InChI=1S/C24H26N2O2/c1-19-8-10-20(11-9-19)16-25-24(27)18-26(17-21-6-4-3-5-7-21)22-12-14-23(28-2)15-13-22/h3-15H,16-18H2,1-2H3,(H,25,27). The summed E-state index contributed by atoms with van der Waals surface area (Å²) in [6.45, 7) is 3.53. The third kappa shape index (κ3) is 5.61. The average Bonchev–Trinajstić information content (AvgIpc) is 2.74. The molecular weight excluding hydrogens is 348 g/mol. The van der Waals surface area contributed by atoms with Gasteiger partial charge in [0.2, 0.25) is 5.91 Å². The molecule has 0 aliphatic rings. The highest BCUT2D eigenvalue weighted by atomic mass is 16.5. The highest BCUT2D eigenvalue weighted by Gasteiger charge is 2.13. The van der Waals surface area contributed by atoms with Crippen molar-refractivity contribution in [3.8, 4) is 5.75 Å². The fraction of sp³-hybridized carbons (Fsp3) is 0.208. The Labute approximate surface area is 166 Å². The second-order valence-electron chi connectivity index (χ2n) is 6.80. The second-order valence-corrected chi connectivity index (χ2v) is 6.80. The zero-order valence-corrected chi connectivity index (χ0v) is 16.4. The van der Waals surface area contributed by atoms with Crippen molar-refractivity contribution in [3.63, 3.8) is 0 Å². The minimum absolute atomic E-state index is 0.00711. The highest BCUT2D eigenvalue weighted by Crippen LogP contribution is 2.21. The second kappa shape index (κ2) is 9.60. The molecule has 0 heterocycles. The van der Waals surface area contributed by atoms with Gasteiger partial charge < -0.3 is 15.0 Å². The Balaban J connectivity index is 1.68. The van der Waals surface area contributed by atoms with Gasteiger partial charge in [-0.2, -0.15) is 0 Å². The van der Waals surface area contributed by atoms with Crippen LogP contribution in [0, 0.1) is 6.92 Å². The van der Waals surface area contributed by atoms with Crippen molar-refractivity contribution in [2.24, 2.45) is 0 Å². The quantitative estimate of drug-likeness (QED) is 0.638. The van der Waals surface area contributed by atoms with Crippen LogP contribution in [0.5, 0.6) is 5.75 Å². The number of methoxy groups -OCH3 is 1. The lowest BCUT2D eigenvalue weighted by Gasteiger charge is -2.24. The van der Waals surface area contributed by atoms with E-state index in [0.717, 1.165) is 22.6 Å². The summed E-state index contributed by atoms with van der Waals surface area (Å²) in [5, 5.41) is 3.02. The molecule has 0 saturated heterocycles. The summed E-state index contributed by atoms with van der Waals surface area (Å²) in [7, 11) is 1.65. The molecule has 0 unspecified atom stereocenters. The van der Waals surface area contributed by atoms with Crippen molar-refractivity contribution in [2.75, 3.05) is 18.6 Å². The van der Waals surface area contributed by atoms with Crippen LogP contribution >= 0.6 is 0 Å². The molecule has 0 saturated carbocycles. The van der Waals surface area contributed by atoms with Gasteiger partial charge in [0.25, 0.3) is 0 Å². The third-order valence-electron chi connectivity index (χ3n) is 4.60. The SMILES string of the molecule is COc1ccc(N(CC(=O)NCc2ccc(C)cc2)Cc2ccccc2)cc1. The van der Waals surface area contributed by atoms with Gasteiger partial charge in [0.15, 0.2) is 0 Å². The first-order valence-corrected chi connectivity index (χ1v) is 9.39. The summed E-state index contributed by atoms with van der Waals surface area (Å²) >= 11 is 0. The number of carbonyl (C=O) groups excluding carboxylic acids is 1. The van der Waals surface area contributed by atoms with Gasteiger partial charge in [0.1, 0.15) is 5.75 Å². The van der Waals surface area contributed by atoms with Crippen LogP contribution in [0.25, 0.3) is 0 Å². The largest absolute Gasteiger partial charge is 0.497 e. The maximum Gasteiger partial charge on any atom is 0.239 e. The first kappa shape index (κ1) is 19.5. The molecule has 1 N–H and O–H groups in total. The van der Waals surface area contributed by atoms with Gasteiger partial charge in [-0.1, -0.05) is 60.2 Å². The molecule has 4 nitrogen and oxygen atoms in total. The number of anilines is 1. The van der Waals surface area contributed by atoms with Crippen LogP contribution < -0.4 is 15.0 Å². The normalized spacial score (nSPS) is 10.4. The Morgan fingerprint density at radius 3 is 2.21 bits per heavy atom. The van der Waals surface area contributed by atoms with Crippen LogP contribution in [0.2, 0.25) is 0 Å². The van der Waals surface area contributed by atoms with Gasteiger partial charge in [0.05, 0.1) is 13.7 Å². The summed E-state index contributed by atoms with van der Waals surface area (Å²) in [5.74, 6) is 0.791. The number of benzene rings is 3. The Morgan fingerprint density at radius 2 is 1.57 bits per heavy atom. The number of aryl methyl sites for hydroxylation is 1. The molecule has 0 fully saturated rings. The number of nitrogens with one attached hydrogen (secondary N) is 1. The van der Waals surface area contributed by atoms with Crippen LogP contribution in [0.1, 0.15) is 16.7 Å². The van der Waals surface area contributed by atoms with Crippen LogP contribution in [0.4, 0.5) is 5.69 Å². The first-order chi connectivity index (χ1) is 13.6. The van der Waals surface area contributed by atoms with E-state index < -0.39 is 0 Å². The number of amides is 1. The predicted molar refractivity (Wildman–Crippen MR) is 114 cm³/mol. The van der Waals surface area contributed by atoms with E-state index in [4.69, 9.17) is 4.74 Å². The monoisotopic (exact) mass is 374 g/mol. The van der Waals surface area contributed by atoms with Crippen molar-refractivity contribution < 1.29 is 9.53 Å². The van der Waals surface area contributed by atoms with Crippen LogP contribution in [0.15, 0.2) is 78.9 Å². The first-order valence-electron chi connectivity index (χ1n) is 9.39. The molecule has 3 aromatic carbocycles. The van der Waals surface area contributed by atoms with E-state index >= 15 is 0 Å². The third-order valence-corrected chi connectivity index (χ3v) is 4.60. The van der Waals surface area contributed by atoms with Crippen molar-refractivity contribution >= 4 is 11.6 Å². The minimum atomic E-state index is -0.00711. The topological polar surface area (TPSA) is 41.6 Å². The summed E-state index contributed by atoms with van der Waals surface area (Å²) < 4.78 is 5.25. The number of hydrogen-bond donors (Lipinski definition) is 1. The Morgan fingerprint density at radius 1 is 0.893 bits per heavy atom. The van der Waals surface area contributed by atoms with Crippen LogP contribution in [-0.4, -0.2) is 19.6 Å². The number of ether oxygens (including phenoxy) is 1. The molecule has 0 spiro atoms. The molecule has 0 aliphatic heterocycles. The summed E-state index contributed by atoms with van der Waals surface area (Å²) in [6.07, 6.45) is 0. The van der Waals surface area contributed by atoms with Gasteiger partial charge in [0, 0.05) is 18.8 Å². The van der Waals surface area contributed by atoms with Crippen molar-refractivity contribution in [1.29, 1.82) is 0 Å². The van der Waals surface area contributed by atoms with Gasteiger partial charge in [-0.15, -0.1) is 0 Å². The number of nitrogens with zero attached hydrogens (tertiary/aromatic N) is 1. The van der Waals surface area contributed by atoms with Gasteiger partial charge >= 0.3 is 0 Å². The van der Waals surface area contributed by atoms with Crippen molar-refractivity contribution in [2.45, 2.75) is 20.0 Å². The van der Waals surface area contributed by atoms with E-state index in [-0.39, 0.29) is 12.5 Å². The molecule has 0 radical (unpaired) electrons. The molecule has 0 bridgehead atoms. The molecule has 4 heteroatoms. The van der Waals surface area contributed by atoms with Gasteiger partial charge in [-0.05, 0) is 42.3 Å². The Kier molecular flexibility index (Phi) is 6.68. The zero-order chi connectivity index (χ0) is 19.8. The highest BCUT2D eigenvalue weighted by molar-refractivity contribution is 5.81. The molecule has 1 amide bonds.